The Bertz CT molecular complexity index is 1240. The molecule has 0 spiro atoms. The Morgan fingerprint density at radius 1 is 1.16 bits per heavy atom. The summed E-state index contributed by atoms with van der Waals surface area (Å²) in [6.07, 6.45) is 1.63. The van der Waals surface area contributed by atoms with Gasteiger partial charge in [0.1, 0.15) is 6.61 Å². The van der Waals surface area contributed by atoms with Crippen LogP contribution in [0.2, 0.25) is 5.02 Å². The molecule has 0 saturated heterocycles. The van der Waals surface area contributed by atoms with Crippen LogP contribution in [0.5, 0.6) is 5.75 Å². The van der Waals surface area contributed by atoms with Gasteiger partial charge >= 0.3 is 0 Å². The first-order chi connectivity index (χ1) is 14.9. The van der Waals surface area contributed by atoms with Gasteiger partial charge < -0.3 is 4.74 Å². The summed E-state index contributed by atoms with van der Waals surface area (Å²) in [6, 6.07) is 20.5. The molecule has 3 aromatic rings. The largest absolute Gasteiger partial charge is 0.486 e. The highest BCUT2D eigenvalue weighted by molar-refractivity contribution is 9.10. The lowest BCUT2D eigenvalue weighted by Crippen LogP contribution is -1.99. The van der Waals surface area contributed by atoms with Gasteiger partial charge in [0.2, 0.25) is 0 Å². The van der Waals surface area contributed by atoms with E-state index in [1.165, 1.54) is 24.3 Å². The van der Waals surface area contributed by atoms with Crippen LogP contribution in [-0.2, 0) is 6.61 Å². The summed E-state index contributed by atoms with van der Waals surface area (Å²) >= 11 is 9.83. The first-order valence-corrected chi connectivity index (χ1v) is 10.1. The van der Waals surface area contributed by atoms with Gasteiger partial charge in [-0.05, 0) is 63.5 Å². The first kappa shape index (κ1) is 22.0. The molecule has 0 amide bonds. The van der Waals surface area contributed by atoms with E-state index < -0.39 is 4.92 Å². The quantitative estimate of drug-likeness (QED) is 0.168. The summed E-state index contributed by atoms with van der Waals surface area (Å²) < 4.78 is 6.41. The van der Waals surface area contributed by atoms with Crippen molar-refractivity contribution in [2.45, 2.75) is 6.61 Å². The summed E-state index contributed by atoms with van der Waals surface area (Å²) in [6.45, 7) is 0.170. The van der Waals surface area contributed by atoms with E-state index in [1.54, 1.807) is 36.4 Å². The minimum atomic E-state index is -0.496. The molecule has 0 saturated carbocycles. The molecule has 0 fully saturated rings. The summed E-state index contributed by atoms with van der Waals surface area (Å²) in [4.78, 5) is 10.3. The molecule has 3 rings (SSSR count). The van der Waals surface area contributed by atoms with Gasteiger partial charge in [0.25, 0.3) is 5.69 Å². The Labute approximate surface area is 191 Å². The first-order valence-electron chi connectivity index (χ1n) is 8.89. The van der Waals surface area contributed by atoms with Crippen molar-refractivity contribution >= 4 is 44.9 Å². The van der Waals surface area contributed by atoms with Crippen LogP contribution in [0.3, 0.4) is 0 Å². The lowest BCUT2D eigenvalue weighted by atomic mass is 10.0. The van der Waals surface area contributed by atoms with E-state index in [0.29, 0.717) is 37.5 Å². The maximum atomic E-state index is 10.8. The van der Waals surface area contributed by atoms with Crippen LogP contribution >= 0.6 is 27.5 Å². The third-order valence-corrected chi connectivity index (χ3v) is 5.22. The van der Waals surface area contributed by atoms with Crippen LogP contribution in [0.4, 0.5) is 5.69 Å². The zero-order valence-electron chi connectivity index (χ0n) is 15.9. The molecule has 152 valence electrons. The molecule has 0 aliphatic carbocycles. The molecule has 3 aromatic carbocycles. The minimum Gasteiger partial charge on any atom is -0.486 e. The molecule has 31 heavy (non-hydrogen) atoms. The van der Waals surface area contributed by atoms with Crippen molar-refractivity contribution in [1.29, 1.82) is 10.5 Å². The molecule has 0 aromatic heterocycles. The number of hydrogen-bond acceptors (Lipinski definition) is 5. The van der Waals surface area contributed by atoms with Crippen LogP contribution in [-0.4, -0.2) is 4.92 Å². The van der Waals surface area contributed by atoms with Gasteiger partial charge in [-0.25, -0.2) is 0 Å². The highest BCUT2D eigenvalue weighted by Gasteiger charge is 2.12. The Balaban J connectivity index is 1.86. The van der Waals surface area contributed by atoms with Gasteiger partial charge in [-0.2, -0.15) is 10.5 Å². The van der Waals surface area contributed by atoms with Crippen LogP contribution in [0.25, 0.3) is 11.6 Å². The Hall–Kier alpha value is -3.65. The van der Waals surface area contributed by atoms with E-state index >= 15 is 0 Å². The number of nitro groups is 1. The van der Waals surface area contributed by atoms with Crippen LogP contribution in [0.15, 0.2) is 65.1 Å². The number of nitro benzene ring substituents is 1. The molecule has 0 heterocycles. The summed E-state index contributed by atoms with van der Waals surface area (Å²) in [5, 5.41) is 29.9. The van der Waals surface area contributed by atoms with E-state index in [4.69, 9.17) is 16.3 Å². The van der Waals surface area contributed by atoms with Crippen molar-refractivity contribution in [3.8, 4) is 17.9 Å². The second kappa shape index (κ2) is 9.90. The number of allylic oxidation sites excluding steroid dienone is 1. The van der Waals surface area contributed by atoms with Crippen molar-refractivity contribution in [2.75, 3.05) is 0 Å². The van der Waals surface area contributed by atoms with Crippen molar-refractivity contribution in [3.63, 3.8) is 0 Å². The molecule has 0 unspecified atom stereocenters. The molecule has 0 radical (unpaired) electrons. The van der Waals surface area contributed by atoms with Crippen LogP contribution in [0.1, 0.15) is 22.3 Å². The van der Waals surface area contributed by atoms with Crippen molar-refractivity contribution < 1.29 is 9.66 Å². The van der Waals surface area contributed by atoms with Gasteiger partial charge in [0.05, 0.1) is 37.7 Å². The summed E-state index contributed by atoms with van der Waals surface area (Å²) in [5.41, 5.74) is 2.74. The van der Waals surface area contributed by atoms with Crippen molar-refractivity contribution in [2.24, 2.45) is 0 Å². The monoisotopic (exact) mass is 493 g/mol. The minimum absolute atomic E-state index is 0.0497. The van der Waals surface area contributed by atoms with Gasteiger partial charge in [0.15, 0.2) is 5.75 Å². The maximum Gasteiger partial charge on any atom is 0.269 e. The van der Waals surface area contributed by atoms with Crippen molar-refractivity contribution in [3.05, 3.63) is 103 Å². The lowest BCUT2D eigenvalue weighted by molar-refractivity contribution is -0.384. The zero-order valence-corrected chi connectivity index (χ0v) is 18.2. The molecule has 0 bridgehead atoms. The number of halogens is 2. The fraction of sp³-hybridized carbons (Fsp3) is 0.0435. The molecule has 0 aliphatic rings. The van der Waals surface area contributed by atoms with Gasteiger partial charge in [0, 0.05) is 17.7 Å². The molecular weight excluding hydrogens is 482 g/mol. The van der Waals surface area contributed by atoms with E-state index in [-0.39, 0.29) is 12.3 Å². The normalized spacial score (nSPS) is 10.8. The fourth-order valence-electron chi connectivity index (χ4n) is 2.82. The predicted octanol–water partition coefficient (Wildman–Crippen LogP) is 6.53. The van der Waals surface area contributed by atoms with Gasteiger partial charge in [-0.3, -0.25) is 10.1 Å². The molecule has 0 aliphatic heterocycles. The van der Waals surface area contributed by atoms with E-state index in [9.17, 15) is 20.6 Å². The average molecular weight is 495 g/mol. The van der Waals surface area contributed by atoms with E-state index in [0.717, 1.165) is 5.56 Å². The number of benzene rings is 3. The van der Waals surface area contributed by atoms with E-state index in [1.807, 2.05) is 6.07 Å². The van der Waals surface area contributed by atoms with E-state index in [2.05, 4.69) is 28.1 Å². The number of hydrogen-bond donors (Lipinski definition) is 0. The SMILES string of the molecule is N#C/C(=C/c1cc(Cl)c(OCc2ccccc2C#N)c(Br)c1)c1ccc([N+](=O)[O-])cc1. The second-order valence-corrected chi connectivity index (χ2v) is 7.61. The Kier molecular flexibility index (Phi) is 7.04. The second-order valence-electron chi connectivity index (χ2n) is 6.35. The van der Waals surface area contributed by atoms with Gasteiger partial charge in [-0.15, -0.1) is 0 Å². The number of ether oxygens (including phenoxy) is 1. The Morgan fingerprint density at radius 3 is 2.48 bits per heavy atom. The van der Waals surface area contributed by atoms with Crippen LogP contribution in [0, 0.1) is 32.8 Å². The lowest BCUT2D eigenvalue weighted by Gasteiger charge is -2.12. The Morgan fingerprint density at radius 2 is 1.87 bits per heavy atom. The number of rotatable bonds is 6. The van der Waals surface area contributed by atoms with Crippen molar-refractivity contribution in [1.82, 2.24) is 0 Å². The highest BCUT2D eigenvalue weighted by atomic mass is 79.9. The topological polar surface area (TPSA) is 99.9 Å². The number of non-ortho nitro benzene ring substituents is 1. The van der Waals surface area contributed by atoms with Gasteiger partial charge in [-0.1, -0.05) is 29.8 Å². The fourth-order valence-corrected chi connectivity index (χ4v) is 3.80. The molecule has 6 nitrogen and oxygen atoms in total. The molecule has 8 heteroatoms. The summed E-state index contributed by atoms with van der Waals surface area (Å²) in [7, 11) is 0. The third kappa shape index (κ3) is 5.29. The molecular formula is C23H13BrClN3O3. The highest BCUT2D eigenvalue weighted by Crippen LogP contribution is 2.36. The average Bonchev–Trinajstić information content (AvgIpc) is 2.77. The predicted molar refractivity (Wildman–Crippen MR) is 121 cm³/mol. The molecule has 0 N–H and O–H groups in total. The smallest absolute Gasteiger partial charge is 0.269 e. The number of nitriles is 2. The zero-order chi connectivity index (χ0) is 22.4. The molecule has 0 atom stereocenters. The maximum absolute atomic E-state index is 10.8. The van der Waals surface area contributed by atoms with Crippen LogP contribution < -0.4 is 4.74 Å². The number of nitrogens with zero attached hydrogens (tertiary/aromatic N) is 3. The standard InChI is InChI=1S/C23H13BrClN3O3/c24-21-10-15(9-19(13-27)16-5-7-20(8-6-16)28(29)30)11-22(25)23(21)31-14-18-4-2-1-3-17(18)12-26/h1-11H,14H2/b19-9-. The third-order valence-electron chi connectivity index (χ3n) is 4.35. The summed E-state index contributed by atoms with van der Waals surface area (Å²) in [5.74, 6) is 0.417.